The van der Waals surface area contributed by atoms with Crippen LogP contribution in [-0.2, 0) is 14.4 Å². The van der Waals surface area contributed by atoms with E-state index >= 15 is 0 Å². The smallest absolute Gasteiger partial charge is 0.305 e. The standard InChI is InChI=1S/C7H11NO3/c1-3-6-4-7(11-8-6)10-5(2)9/h7H,3-4H2,1-2H3. The van der Waals surface area contributed by atoms with E-state index in [9.17, 15) is 4.79 Å². The first-order chi connectivity index (χ1) is 5.22. The van der Waals surface area contributed by atoms with Crippen molar-refractivity contribution >= 4 is 11.7 Å². The summed E-state index contributed by atoms with van der Waals surface area (Å²) < 4.78 is 4.77. The molecule has 0 radical (unpaired) electrons. The first-order valence-corrected chi connectivity index (χ1v) is 3.61. The molecule has 11 heavy (non-hydrogen) atoms. The predicted molar refractivity (Wildman–Crippen MR) is 39.0 cm³/mol. The molecule has 1 atom stereocenters. The van der Waals surface area contributed by atoms with Gasteiger partial charge in [0.15, 0.2) is 0 Å². The minimum Gasteiger partial charge on any atom is -0.423 e. The average Bonchev–Trinajstić information content (AvgIpc) is 2.34. The second-order valence-corrected chi connectivity index (χ2v) is 2.36. The van der Waals surface area contributed by atoms with Crippen LogP contribution >= 0.6 is 0 Å². The first-order valence-electron chi connectivity index (χ1n) is 3.61. The Morgan fingerprint density at radius 2 is 2.64 bits per heavy atom. The van der Waals surface area contributed by atoms with E-state index in [-0.39, 0.29) is 5.97 Å². The van der Waals surface area contributed by atoms with E-state index in [1.165, 1.54) is 6.92 Å². The molecule has 1 aliphatic rings. The van der Waals surface area contributed by atoms with Crippen LogP contribution in [0.4, 0.5) is 0 Å². The largest absolute Gasteiger partial charge is 0.423 e. The van der Waals surface area contributed by atoms with E-state index in [0.717, 1.165) is 12.1 Å². The molecule has 62 valence electrons. The molecule has 1 unspecified atom stereocenters. The second-order valence-electron chi connectivity index (χ2n) is 2.36. The van der Waals surface area contributed by atoms with E-state index in [2.05, 4.69) is 5.16 Å². The van der Waals surface area contributed by atoms with Gasteiger partial charge in [-0.05, 0) is 6.42 Å². The Morgan fingerprint density at radius 1 is 1.91 bits per heavy atom. The Balaban J connectivity index is 2.30. The SMILES string of the molecule is CCC1=NOC(OC(C)=O)C1. The molecule has 4 heteroatoms. The lowest BCUT2D eigenvalue weighted by Gasteiger charge is -2.06. The Hall–Kier alpha value is -1.06. The molecule has 0 N–H and O–H groups in total. The zero-order valence-electron chi connectivity index (χ0n) is 6.66. The third kappa shape index (κ3) is 2.22. The predicted octanol–water partition coefficient (Wildman–Crippen LogP) is 1.06. The summed E-state index contributed by atoms with van der Waals surface area (Å²) in [6.07, 6.45) is 0.968. The van der Waals surface area contributed by atoms with E-state index in [4.69, 9.17) is 9.57 Å². The normalized spacial score (nSPS) is 22.4. The van der Waals surface area contributed by atoms with Crippen LogP contribution in [0.1, 0.15) is 26.7 Å². The number of hydrogen-bond acceptors (Lipinski definition) is 4. The number of rotatable bonds is 2. The first kappa shape index (κ1) is 8.04. The topological polar surface area (TPSA) is 47.9 Å². The van der Waals surface area contributed by atoms with Crippen molar-refractivity contribution in [2.75, 3.05) is 0 Å². The number of ether oxygens (including phenoxy) is 1. The van der Waals surface area contributed by atoms with Crippen molar-refractivity contribution in [3.63, 3.8) is 0 Å². The Morgan fingerprint density at radius 3 is 3.09 bits per heavy atom. The van der Waals surface area contributed by atoms with Gasteiger partial charge in [0.1, 0.15) is 0 Å². The Kier molecular flexibility index (Phi) is 2.46. The van der Waals surface area contributed by atoms with Crippen molar-refractivity contribution in [2.45, 2.75) is 33.0 Å². The molecule has 1 aliphatic heterocycles. The van der Waals surface area contributed by atoms with Crippen molar-refractivity contribution in [1.29, 1.82) is 0 Å². The summed E-state index contributed by atoms with van der Waals surface area (Å²) in [4.78, 5) is 15.3. The molecule has 0 fully saturated rings. The molecule has 1 rings (SSSR count). The molecule has 0 saturated heterocycles. The number of hydrogen-bond donors (Lipinski definition) is 0. The molecule has 0 saturated carbocycles. The highest BCUT2D eigenvalue weighted by atomic mass is 16.8. The minimum atomic E-state index is -0.484. The van der Waals surface area contributed by atoms with Crippen LogP contribution in [0, 0.1) is 0 Å². The molecule has 0 aromatic carbocycles. The maximum absolute atomic E-state index is 10.4. The highest BCUT2D eigenvalue weighted by Gasteiger charge is 2.21. The summed E-state index contributed by atoms with van der Waals surface area (Å²) in [7, 11) is 0. The Labute approximate surface area is 65.2 Å². The van der Waals surface area contributed by atoms with Gasteiger partial charge < -0.3 is 9.57 Å². The molecule has 0 aromatic heterocycles. The fourth-order valence-electron chi connectivity index (χ4n) is 0.857. The van der Waals surface area contributed by atoms with Gasteiger partial charge in [0.2, 0.25) is 0 Å². The second kappa shape index (κ2) is 3.37. The third-order valence-electron chi connectivity index (χ3n) is 1.41. The fourth-order valence-corrected chi connectivity index (χ4v) is 0.857. The van der Waals surface area contributed by atoms with Crippen molar-refractivity contribution in [3.05, 3.63) is 0 Å². The summed E-state index contributed by atoms with van der Waals surface area (Å²) in [5.41, 5.74) is 0.941. The number of carbonyl (C=O) groups excluding carboxylic acids is 1. The zero-order valence-corrected chi connectivity index (χ0v) is 6.66. The maximum Gasteiger partial charge on any atom is 0.305 e. The van der Waals surface area contributed by atoms with E-state index < -0.39 is 6.29 Å². The van der Waals surface area contributed by atoms with Gasteiger partial charge in [-0.25, -0.2) is 0 Å². The number of nitrogens with zero attached hydrogens (tertiary/aromatic N) is 1. The lowest BCUT2D eigenvalue weighted by Crippen LogP contribution is -2.15. The van der Waals surface area contributed by atoms with Crippen LogP contribution in [0.3, 0.4) is 0 Å². The molecule has 0 spiro atoms. The molecule has 0 bridgehead atoms. The van der Waals surface area contributed by atoms with E-state index in [1.54, 1.807) is 0 Å². The summed E-state index contributed by atoms with van der Waals surface area (Å²) in [5.74, 6) is -0.331. The molecule has 0 aromatic rings. The molecular weight excluding hydrogens is 146 g/mol. The van der Waals surface area contributed by atoms with Gasteiger partial charge in [0.25, 0.3) is 6.29 Å². The van der Waals surface area contributed by atoms with E-state index in [1.807, 2.05) is 6.92 Å². The van der Waals surface area contributed by atoms with Crippen LogP contribution in [0.5, 0.6) is 0 Å². The van der Waals surface area contributed by atoms with Crippen molar-refractivity contribution in [1.82, 2.24) is 0 Å². The maximum atomic E-state index is 10.4. The van der Waals surface area contributed by atoms with Crippen LogP contribution in [-0.4, -0.2) is 18.0 Å². The average molecular weight is 157 g/mol. The zero-order chi connectivity index (χ0) is 8.27. The minimum absolute atomic E-state index is 0.331. The Bertz CT molecular complexity index is 188. The molecule has 4 nitrogen and oxygen atoms in total. The number of carbonyl (C=O) groups is 1. The van der Waals surface area contributed by atoms with E-state index in [0.29, 0.717) is 6.42 Å². The van der Waals surface area contributed by atoms with Gasteiger partial charge in [0, 0.05) is 6.92 Å². The molecule has 0 amide bonds. The quantitative estimate of drug-likeness (QED) is 0.563. The summed E-state index contributed by atoms with van der Waals surface area (Å²) in [6, 6.07) is 0. The monoisotopic (exact) mass is 157 g/mol. The highest BCUT2D eigenvalue weighted by Crippen LogP contribution is 2.13. The summed E-state index contributed by atoms with van der Waals surface area (Å²) in [5, 5.41) is 3.73. The third-order valence-corrected chi connectivity index (χ3v) is 1.41. The van der Waals surface area contributed by atoms with Crippen LogP contribution in [0.25, 0.3) is 0 Å². The fraction of sp³-hybridized carbons (Fsp3) is 0.714. The summed E-state index contributed by atoms with van der Waals surface area (Å²) in [6.45, 7) is 3.34. The molecular formula is C7H11NO3. The van der Waals surface area contributed by atoms with Crippen LogP contribution in [0.15, 0.2) is 5.16 Å². The highest BCUT2D eigenvalue weighted by molar-refractivity contribution is 5.85. The number of esters is 1. The van der Waals surface area contributed by atoms with Crippen molar-refractivity contribution in [3.8, 4) is 0 Å². The lowest BCUT2D eigenvalue weighted by atomic mass is 10.2. The van der Waals surface area contributed by atoms with Gasteiger partial charge in [-0.1, -0.05) is 12.1 Å². The summed E-state index contributed by atoms with van der Waals surface area (Å²) >= 11 is 0. The lowest BCUT2D eigenvalue weighted by molar-refractivity contribution is -0.170. The van der Waals surface area contributed by atoms with Gasteiger partial charge in [-0.3, -0.25) is 4.79 Å². The van der Waals surface area contributed by atoms with Gasteiger partial charge in [0.05, 0.1) is 12.1 Å². The van der Waals surface area contributed by atoms with Crippen molar-refractivity contribution < 1.29 is 14.4 Å². The van der Waals surface area contributed by atoms with Crippen LogP contribution < -0.4 is 0 Å². The van der Waals surface area contributed by atoms with Crippen LogP contribution in [0.2, 0.25) is 0 Å². The van der Waals surface area contributed by atoms with Gasteiger partial charge in [-0.15, -0.1) is 0 Å². The van der Waals surface area contributed by atoms with Gasteiger partial charge >= 0.3 is 5.97 Å². The van der Waals surface area contributed by atoms with Crippen molar-refractivity contribution in [2.24, 2.45) is 5.16 Å². The molecule has 1 heterocycles. The number of oxime groups is 1. The van der Waals surface area contributed by atoms with Gasteiger partial charge in [-0.2, -0.15) is 0 Å². The molecule has 0 aliphatic carbocycles.